The lowest BCUT2D eigenvalue weighted by Gasteiger charge is -2.08. The molecule has 0 atom stereocenters. The number of nitrogens with zero attached hydrogens (tertiary/aromatic N) is 1. The first-order chi connectivity index (χ1) is 10.6. The second-order valence-corrected chi connectivity index (χ2v) is 5.51. The van der Waals surface area contributed by atoms with Gasteiger partial charge in [0.1, 0.15) is 11.5 Å². The van der Waals surface area contributed by atoms with Gasteiger partial charge in [0.2, 0.25) is 0 Å². The molecule has 0 saturated heterocycles. The third kappa shape index (κ3) is 5.04. The zero-order valence-corrected chi connectivity index (χ0v) is 14.0. The average molecular weight is 365 g/mol. The number of carbonyl (C=O) groups excluding carboxylic acids is 1. The second kappa shape index (κ2) is 7.79. The Labute approximate surface area is 137 Å². The summed E-state index contributed by atoms with van der Waals surface area (Å²) in [5.74, 6) is 0.895. The van der Waals surface area contributed by atoms with E-state index in [1.165, 1.54) is 11.8 Å². The highest BCUT2D eigenvalue weighted by Crippen LogP contribution is 2.17. The molecule has 22 heavy (non-hydrogen) atoms. The molecule has 0 fully saturated rings. The number of rotatable bonds is 6. The van der Waals surface area contributed by atoms with Gasteiger partial charge < -0.3 is 9.15 Å². The Morgan fingerprint density at radius 1 is 1.41 bits per heavy atom. The molecule has 1 aromatic heterocycles. The van der Waals surface area contributed by atoms with Gasteiger partial charge in [-0.3, -0.25) is 4.79 Å². The number of ether oxygens (including phenoxy) is 1. The molecule has 1 heterocycles. The number of hydrogen-bond donors (Lipinski definition) is 1. The SMILES string of the molecule is CCc1cc(C)cc(OCC(=O)N/N=C/c2ccc(Br)o2)c1. The Kier molecular flexibility index (Phi) is 5.77. The van der Waals surface area contributed by atoms with Gasteiger partial charge >= 0.3 is 0 Å². The number of carbonyl (C=O) groups is 1. The lowest BCUT2D eigenvalue weighted by Crippen LogP contribution is -2.24. The minimum atomic E-state index is -0.332. The third-order valence-electron chi connectivity index (χ3n) is 2.86. The fourth-order valence-corrected chi connectivity index (χ4v) is 2.18. The van der Waals surface area contributed by atoms with Crippen molar-refractivity contribution in [3.05, 3.63) is 51.9 Å². The second-order valence-electron chi connectivity index (χ2n) is 4.73. The first-order valence-corrected chi connectivity index (χ1v) is 7.66. The van der Waals surface area contributed by atoms with Crippen molar-refractivity contribution < 1.29 is 13.9 Å². The zero-order chi connectivity index (χ0) is 15.9. The number of hydrazone groups is 1. The largest absolute Gasteiger partial charge is 0.484 e. The normalized spacial score (nSPS) is 10.9. The number of aryl methyl sites for hydroxylation is 2. The van der Waals surface area contributed by atoms with Crippen LogP contribution in [0, 0.1) is 6.92 Å². The molecule has 1 amide bonds. The minimum Gasteiger partial charge on any atom is -0.484 e. The maximum Gasteiger partial charge on any atom is 0.277 e. The Morgan fingerprint density at radius 2 is 2.23 bits per heavy atom. The standard InChI is InChI=1S/C16H17BrN2O3/c1-3-12-6-11(2)7-14(8-12)21-10-16(20)19-18-9-13-4-5-15(17)22-13/h4-9H,3,10H2,1-2H3,(H,19,20)/b18-9+. The van der Waals surface area contributed by atoms with E-state index >= 15 is 0 Å². The first kappa shape index (κ1) is 16.3. The van der Waals surface area contributed by atoms with E-state index in [1.807, 2.05) is 19.1 Å². The maximum absolute atomic E-state index is 11.7. The van der Waals surface area contributed by atoms with E-state index in [-0.39, 0.29) is 12.5 Å². The minimum absolute atomic E-state index is 0.0915. The van der Waals surface area contributed by atoms with E-state index < -0.39 is 0 Å². The van der Waals surface area contributed by atoms with E-state index in [1.54, 1.807) is 12.1 Å². The van der Waals surface area contributed by atoms with Crippen LogP contribution in [0.15, 0.2) is 44.5 Å². The molecule has 0 saturated carbocycles. The molecule has 2 rings (SSSR count). The van der Waals surface area contributed by atoms with Crippen LogP contribution in [-0.2, 0) is 11.2 Å². The number of furan rings is 1. The summed E-state index contributed by atoms with van der Waals surface area (Å²) in [6.45, 7) is 3.98. The summed E-state index contributed by atoms with van der Waals surface area (Å²) in [6.07, 6.45) is 2.34. The van der Waals surface area contributed by atoms with Crippen LogP contribution in [0.25, 0.3) is 0 Å². The van der Waals surface area contributed by atoms with Crippen LogP contribution in [0.4, 0.5) is 0 Å². The van der Waals surface area contributed by atoms with E-state index in [9.17, 15) is 4.79 Å². The van der Waals surface area contributed by atoms with E-state index in [4.69, 9.17) is 9.15 Å². The highest BCUT2D eigenvalue weighted by Gasteiger charge is 2.03. The summed E-state index contributed by atoms with van der Waals surface area (Å²) in [7, 11) is 0. The predicted octanol–water partition coefficient (Wildman–Crippen LogP) is 3.44. The van der Waals surface area contributed by atoms with Crippen molar-refractivity contribution >= 4 is 28.1 Å². The van der Waals surface area contributed by atoms with Crippen LogP contribution in [0.5, 0.6) is 5.75 Å². The highest BCUT2D eigenvalue weighted by atomic mass is 79.9. The van der Waals surface area contributed by atoms with Gasteiger partial charge in [-0.25, -0.2) is 5.43 Å². The van der Waals surface area contributed by atoms with Crippen molar-refractivity contribution in [2.45, 2.75) is 20.3 Å². The van der Waals surface area contributed by atoms with Gasteiger partial charge in [-0.05, 0) is 64.7 Å². The molecule has 0 radical (unpaired) electrons. The van der Waals surface area contributed by atoms with Crippen molar-refractivity contribution in [2.24, 2.45) is 5.10 Å². The number of halogens is 1. The van der Waals surface area contributed by atoms with Crippen LogP contribution >= 0.6 is 15.9 Å². The predicted molar refractivity (Wildman–Crippen MR) is 88.2 cm³/mol. The fraction of sp³-hybridized carbons (Fsp3) is 0.250. The number of benzene rings is 1. The first-order valence-electron chi connectivity index (χ1n) is 6.87. The van der Waals surface area contributed by atoms with Crippen LogP contribution in [-0.4, -0.2) is 18.7 Å². The molecule has 0 bridgehead atoms. The Morgan fingerprint density at radius 3 is 2.91 bits per heavy atom. The zero-order valence-electron chi connectivity index (χ0n) is 12.4. The number of nitrogens with one attached hydrogen (secondary N) is 1. The number of hydrogen-bond acceptors (Lipinski definition) is 4. The average Bonchev–Trinajstić information content (AvgIpc) is 2.90. The molecule has 1 N–H and O–H groups in total. The van der Waals surface area contributed by atoms with E-state index in [0.717, 1.165) is 12.0 Å². The van der Waals surface area contributed by atoms with Crippen LogP contribution in [0.1, 0.15) is 23.8 Å². The van der Waals surface area contributed by atoms with Gasteiger partial charge in [-0.15, -0.1) is 0 Å². The topological polar surface area (TPSA) is 63.8 Å². The van der Waals surface area contributed by atoms with E-state index in [2.05, 4.69) is 39.4 Å². The molecule has 1 aromatic carbocycles. The van der Waals surface area contributed by atoms with Crippen molar-refractivity contribution in [1.82, 2.24) is 5.43 Å². The summed E-state index contributed by atoms with van der Waals surface area (Å²) in [4.78, 5) is 11.7. The lowest BCUT2D eigenvalue weighted by atomic mass is 10.1. The molecule has 0 unspecified atom stereocenters. The fourth-order valence-electron chi connectivity index (χ4n) is 1.86. The summed E-state index contributed by atoms with van der Waals surface area (Å²) in [5.41, 5.74) is 4.67. The molecular weight excluding hydrogens is 348 g/mol. The van der Waals surface area contributed by atoms with Crippen LogP contribution < -0.4 is 10.2 Å². The molecule has 0 aliphatic carbocycles. The Balaban J connectivity index is 1.82. The number of amides is 1. The smallest absolute Gasteiger partial charge is 0.277 e. The molecule has 116 valence electrons. The summed E-state index contributed by atoms with van der Waals surface area (Å²) >= 11 is 3.19. The maximum atomic E-state index is 11.7. The van der Waals surface area contributed by atoms with Gasteiger partial charge in [0.25, 0.3) is 5.91 Å². The molecule has 0 spiro atoms. The van der Waals surface area contributed by atoms with Gasteiger partial charge in [-0.2, -0.15) is 5.10 Å². The van der Waals surface area contributed by atoms with Crippen LogP contribution in [0.2, 0.25) is 0 Å². The van der Waals surface area contributed by atoms with Gasteiger partial charge in [-0.1, -0.05) is 13.0 Å². The monoisotopic (exact) mass is 364 g/mol. The van der Waals surface area contributed by atoms with Gasteiger partial charge in [0, 0.05) is 0 Å². The molecule has 6 heteroatoms. The molecule has 0 aliphatic rings. The molecule has 2 aromatic rings. The Hall–Kier alpha value is -2.08. The summed E-state index contributed by atoms with van der Waals surface area (Å²) in [6, 6.07) is 9.41. The highest BCUT2D eigenvalue weighted by molar-refractivity contribution is 9.10. The van der Waals surface area contributed by atoms with Crippen molar-refractivity contribution in [3.63, 3.8) is 0 Å². The van der Waals surface area contributed by atoms with Crippen molar-refractivity contribution in [3.8, 4) is 5.75 Å². The third-order valence-corrected chi connectivity index (χ3v) is 3.29. The molecule has 5 nitrogen and oxygen atoms in total. The van der Waals surface area contributed by atoms with Gasteiger partial charge in [0.15, 0.2) is 11.3 Å². The quantitative estimate of drug-likeness (QED) is 0.630. The molecule has 0 aliphatic heterocycles. The van der Waals surface area contributed by atoms with E-state index in [0.29, 0.717) is 16.2 Å². The summed E-state index contributed by atoms with van der Waals surface area (Å²) in [5, 5.41) is 3.80. The summed E-state index contributed by atoms with van der Waals surface area (Å²) < 4.78 is 11.3. The van der Waals surface area contributed by atoms with Gasteiger partial charge in [0.05, 0.1) is 6.21 Å². The van der Waals surface area contributed by atoms with Crippen molar-refractivity contribution in [1.29, 1.82) is 0 Å². The molecular formula is C16H17BrN2O3. The van der Waals surface area contributed by atoms with Crippen LogP contribution in [0.3, 0.4) is 0 Å². The lowest BCUT2D eigenvalue weighted by molar-refractivity contribution is -0.123. The Bertz CT molecular complexity index is 680. The van der Waals surface area contributed by atoms with Crippen molar-refractivity contribution in [2.75, 3.05) is 6.61 Å².